The zero-order valence-corrected chi connectivity index (χ0v) is 10.1. The number of nitrogens with zero attached hydrogens (tertiary/aromatic N) is 2. The van der Waals surface area contributed by atoms with E-state index in [1.807, 2.05) is 30.3 Å². The average Bonchev–Trinajstić information content (AvgIpc) is 2.46. The Hall–Kier alpha value is -2.47. The van der Waals surface area contributed by atoms with Crippen molar-refractivity contribution in [2.24, 2.45) is 0 Å². The van der Waals surface area contributed by atoms with Crippen LogP contribution in [0.2, 0.25) is 0 Å². The van der Waals surface area contributed by atoms with Crippen LogP contribution in [0, 0.1) is 10.1 Å². The highest BCUT2D eigenvalue weighted by Crippen LogP contribution is 2.19. The van der Waals surface area contributed by atoms with Crippen molar-refractivity contribution in [2.45, 2.75) is 6.04 Å². The summed E-state index contributed by atoms with van der Waals surface area (Å²) in [5.41, 5.74) is 0.857. The van der Waals surface area contributed by atoms with E-state index in [0.717, 1.165) is 5.56 Å². The molecule has 0 aliphatic heterocycles. The van der Waals surface area contributed by atoms with Crippen LogP contribution in [0.3, 0.4) is 0 Å². The van der Waals surface area contributed by atoms with Crippen LogP contribution in [0.25, 0.3) is 0 Å². The summed E-state index contributed by atoms with van der Waals surface area (Å²) >= 11 is 0. The van der Waals surface area contributed by atoms with Gasteiger partial charge in [0.1, 0.15) is 12.0 Å². The highest BCUT2D eigenvalue weighted by atomic mass is 16.6. The Balaban J connectivity index is 2.12. The van der Waals surface area contributed by atoms with Gasteiger partial charge in [0, 0.05) is 6.07 Å². The first-order chi connectivity index (χ1) is 9.20. The smallest absolute Gasteiger partial charge is 0.287 e. The molecule has 2 aromatic rings. The molecule has 0 spiro atoms. The van der Waals surface area contributed by atoms with Crippen LogP contribution in [0.1, 0.15) is 11.6 Å². The molecule has 2 N–H and O–H groups in total. The molecule has 0 aliphatic carbocycles. The molecule has 0 saturated heterocycles. The number of nitrogens with one attached hydrogen (secondary N) is 1. The van der Waals surface area contributed by atoms with Crippen molar-refractivity contribution < 1.29 is 10.0 Å². The Morgan fingerprint density at radius 2 is 2.00 bits per heavy atom. The lowest BCUT2D eigenvalue weighted by molar-refractivity contribution is -0.385. The molecule has 1 aromatic heterocycles. The van der Waals surface area contributed by atoms with Gasteiger partial charge in [-0.3, -0.25) is 10.1 Å². The topological polar surface area (TPSA) is 88.3 Å². The van der Waals surface area contributed by atoms with Gasteiger partial charge in [-0.25, -0.2) is 4.98 Å². The van der Waals surface area contributed by atoms with Gasteiger partial charge in [0.05, 0.1) is 17.6 Å². The summed E-state index contributed by atoms with van der Waals surface area (Å²) in [5, 5.41) is 22.9. The number of hydrogen-bond acceptors (Lipinski definition) is 5. The Morgan fingerprint density at radius 3 is 2.53 bits per heavy atom. The zero-order valence-electron chi connectivity index (χ0n) is 10.1. The van der Waals surface area contributed by atoms with E-state index in [9.17, 15) is 15.2 Å². The van der Waals surface area contributed by atoms with E-state index in [1.54, 1.807) is 0 Å². The molecule has 0 bridgehead atoms. The summed E-state index contributed by atoms with van der Waals surface area (Å²) in [5.74, 6) is 0.480. The lowest BCUT2D eigenvalue weighted by Gasteiger charge is -2.17. The van der Waals surface area contributed by atoms with E-state index < -0.39 is 4.92 Å². The molecule has 1 aromatic carbocycles. The van der Waals surface area contributed by atoms with E-state index >= 15 is 0 Å². The summed E-state index contributed by atoms with van der Waals surface area (Å²) in [6.07, 6.45) is 1.18. The summed E-state index contributed by atoms with van der Waals surface area (Å²) < 4.78 is 0. The Kier molecular flexibility index (Phi) is 4.04. The molecule has 19 heavy (non-hydrogen) atoms. The van der Waals surface area contributed by atoms with Crippen LogP contribution in [0.4, 0.5) is 11.5 Å². The molecule has 6 heteroatoms. The molecule has 2 rings (SSSR count). The second kappa shape index (κ2) is 5.92. The summed E-state index contributed by atoms with van der Waals surface area (Å²) in [6, 6.07) is 12.0. The maximum Gasteiger partial charge on any atom is 0.287 e. The van der Waals surface area contributed by atoms with Crippen molar-refractivity contribution in [1.29, 1.82) is 0 Å². The first kappa shape index (κ1) is 13.0. The van der Waals surface area contributed by atoms with Crippen LogP contribution in [0.15, 0.2) is 48.7 Å². The van der Waals surface area contributed by atoms with Gasteiger partial charge < -0.3 is 10.4 Å². The van der Waals surface area contributed by atoms with Crippen LogP contribution in [-0.2, 0) is 0 Å². The fourth-order valence-electron chi connectivity index (χ4n) is 1.68. The lowest BCUT2D eigenvalue weighted by Crippen LogP contribution is -2.15. The first-order valence-electron chi connectivity index (χ1n) is 5.73. The van der Waals surface area contributed by atoms with Crippen molar-refractivity contribution in [3.05, 3.63) is 64.3 Å². The Bertz CT molecular complexity index is 543. The maximum atomic E-state index is 10.5. The number of benzene rings is 1. The number of rotatable bonds is 5. The van der Waals surface area contributed by atoms with Crippen LogP contribution in [0.5, 0.6) is 0 Å². The standard InChI is InChI=1S/C13H13N3O3/c17-9-12(10-4-2-1-3-5-10)15-13-7-6-11(8-14-13)16(18)19/h1-8,12,17H,9H2,(H,14,15)/t12-/m0/s1. The lowest BCUT2D eigenvalue weighted by atomic mass is 10.1. The number of hydrogen-bond donors (Lipinski definition) is 2. The molecule has 0 fully saturated rings. The largest absolute Gasteiger partial charge is 0.394 e. The van der Waals surface area contributed by atoms with Crippen LogP contribution in [-0.4, -0.2) is 21.6 Å². The second-order valence-corrected chi connectivity index (χ2v) is 3.95. The van der Waals surface area contributed by atoms with Gasteiger partial charge in [0.15, 0.2) is 0 Å². The van der Waals surface area contributed by atoms with E-state index in [0.29, 0.717) is 5.82 Å². The predicted molar refractivity (Wildman–Crippen MR) is 70.8 cm³/mol. The van der Waals surface area contributed by atoms with Crippen molar-refractivity contribution in [3.8, 4) is 0 Å². The first-order valence-corrected chi connectivity index (χ1v) is 5.73. The van der Waals surface area contributed by atoms with Gasteiger partial charge >= 0.3 is 0 Å². The van der Waals surface area contributed by atoms with Crippen molar-refractivity contribution in [3.63, 3.8) is 0 Å². The molecule has 0 radical (unpaired) electrons. The van der Waals surface area contributed by atoms with Gasteiger partial charge in [-0.15, -0.1) is 0 Å². The van der Waals surface area contributed by atoms with Gasteiger partial charge in [-0.1, -0.05) is 30.3 Å². The minimum Gasteiger partial charge on any atom is -0.394 e. The third-order valence-electron chi connectivity index (χ3n) is 2.67. The highest BCUT2D eigenvalue weighted by molar-refractivity contribution is 5.42. The van der Waals surface area contributed by atoms with Crippen LogP contribution < -0.4 is 5.32 Å². The number of pyridine rings is 1. The molecule has 1 atom stereocenters. The number of aromatic nitrogens is 1. The molecule has 0 unspecified atom stereocenters. The fraction of sp³-hybridized carbons (Fsp3) is 0.154. The molecule has 0 amide bonds. The quantitative estimate of drug-likeness (QED) is 0.634. The maximum absolute atomic E-state index is 10.5. The third kappa shape index (κ3) is 3.26. The summed E-state index contributed by atoms with van der Waals surface area (Å²) in [6.45, 7) is -0.0946. The Labute approximate surface area is 109 Å². The minimum absolute atomic E-state index is 0.0641. The number of aliphatic hydroxyl groups excluding tert-OH is 1. The summed E-state index contributed by atoms with van der Waals surface area (Å²) in [7, 11) is 0. The van der Waals surface area contributed by atoms with Gasteiger partial charge in [0.2, 0.25) is 0 Å². The molecule has 1 heterocycles. The van der Waals surface area contributed by atoms with Crippen molar-refractivity contribution in [2.75, 3.05) is 11.9 Å². The normalized spacial score (nSPS) is 11.8. The van der Waals surface area contributed by atoms with E-state index in [1.165, 1.54) is 18.3 Å². The molecule has 0 aliphatic rings. The second-order valence-electron chi connectivity index (χ2n) is 3.95. The SMILES string of the molecule is O=[N+]([O-])c1ccc(N[C@@H](CO)c2ccccc2)nc1. The van der Waals surface area contributed by atoms with Gasteiger partial charge in [-0.2, -0.15) is 0 Å². The van der Waals surface area contributed by atoms with Crippen molar-refractivity contribution >= 4 is 11.5 Å². The third-order valence-corrected chi connectivity index (χ3v) is 2.67. The molecular weight excluding hydrogens is 246 g/mol. The monoisotopic (exact) mass is 259 g/mol. The molecule has 0 saturated carbocycles. The van der Waals surface area contributed by atoms with E-state index in [-0.39, 0.29) is 18.3 Å². The van der Waals surface area contributed by atoms with E-state index in [4.69, 9.17) is 0 Å². The van der Waals surface area contributed by atoms with Crippen LogP contribution >= 0.6 is 0 Å². The highest BCUT2D eigenvalue weighted by Gasteiger charge is 2.11. The molecule has 6 nitrogen and oxygen atoms in total. The molecule has 98 valence electrons. The average molecular weight is 259 g/mol. The number of nitro groups is 1. The Morgan fingerprint density at radius 1 is 1.26 bits per heavy atom. The fourth-order valence-corrected chi connectivity index (χ4v) is 1.68. The van der Waals surface area contributed by atoms with E-state index in [2.05, 4.69) is 10.3 Å². The number of anilines is 1. The van der Waals surface area contributed by atoms with Gasteiger partial charge in [0.25, 0.3) is 5.69 Å². The minimum atomic E-state index is -0.502. The molecular formula is C13H13N3O3. The van der Waals surface area contributed by atoms with Crippen molar-refractivity contribution in [1.82, 2.24) is 4.98 Å². The van der Waals surface area contributed by atoms with Gasteiger partial charge in [-0.05, 0) is 11.6 Å². The zero-order chi connectivity index (χ0) is 13.7. The number of aliphatic hydroxyl groups is 1. The summed E-state index contributed by atoms with van der Waals surface area (Å²) in [4.78, 5) is 14.0. The predicted octanol–water partition coefficient (Wildman–Crippen LogP) is 2.14.